The highest BCUT2D eigenvalue weighted by Crippen LogP contribution is 2.26. The molecule has 0 bridgehead atoms. The summed E-state index contributed by atoms with van der Waals surface area (Å²) >= 11 is 0. The second-order valence-corrected chi connectivity index (χ2v) is 5.29. The van der Waals surface area contributed by atoms with Crippen molar-refractivity contribution in [3.8, 4) is 5.69 Å². The maximum atomic E-state index is 12.6. The molecule has 0 radical (unpaired) electrons. The summed E-state index contributed by atoms with van der Waals surface area (Å²) in [7, 11) is 0. The van der Waals surface area contributed by atoms with Crippen LogP contribution in [0, 0.1) is 0 Å². The zero-order chi connectivity index (χ0) is 14.9. The van der Waals surface area contributed by atoms with Crippen LogP contribution in [0.15, 0.2) is 70.6 Å². The lowest BCUT2D eigenvalue weighted by Gasteiger charge is -2.10. The van der Waals surface area contributed by atoms with E-state index in [1.54, 1.807) is 23.3 Å². The monoisotopic (exact) mass is 290 g/mol. The van der Waals surface area contributed by atoms with Gasteiger partial charge in [0.05, 0.1) is 11.7 Å². The Bertz CT molecular complexity index is 947. The van der Waals surface area contributed by atoms with E-state index >= 15 is 0 Å². The first-order chi connectivity index (χ1) is 10.8. The lowest BCUT2D eigenvalue weighted by Crippen LogP contribution is -2.10. The van der Waals surface area contributed by atoms with Gasteiger partial charge < -0.3 is 8.98 Å². The predicted octanol–water partition coefficient (Wildman–Crippen LogP) is 3.71. The third kappa shape index (κ3) is 2.09. The zero-order valence-electron chi connectivity index (χ0n) is 11.9. The minimum atomic E-state index is -0.0525. The molecule has 2 heterocycles. The highest BCUT2D eigenvalue weighted by molar-refractivity contribution is 5.83. The van der Waals surface area contributed by atoms with Crippen molar-refractivity contribution in [2.45, 2.75) is 12.8 Å². The maximum Gasteiger partial charge on any atom is 0.216 e. The van der Waals surface area contributed by atoms with E-state index in [1.807, 2.05) is 18.2 Å². The summed E-state index contributed by atoms with van der Waals surface area (Å²) in [5.74, 6) is 0. The van der Waals surface area contributed by atoms with Crippen molar-refractivity contribution in [1.82, 2.24) is 9.55 Å². The molecule has 4 heteroatoms. The Morgan fingerprint density at radius 1 is 1.27 bits per heavy atom. The van der Waals surface area contributed by atoms with Crippen LogP contribution in [0.1, 0.15) is 18.4 Å². The number of rotatable bonds is 2. The van der Waals surface area contributed by atoms with Gasteiger partial charge in [-0.25, -0.2) is 4.98 Å². The van der Waals surface area contributed by atoms with Crippen molar-refractivity contribution in [1.29, 1.82) is 0 Å². The molecule has 4 rings (SSSR count). The Hall–Kier alpha value is -2.88. The number of imidazole rings is 1. The molecule has 0 amide bonds. The number of nitrogens with zero attached hydrogens (tertiary/aromatic N) is 2. The summed E-state index contributed by atoms with van der Waals surface area (Å²) in [6.45, 7) is 0. The van der Waals surface area contributed by atoms with Crippen molar-refractivity contribution in [2.24, 2.45) is 0 Å². The molecule has 0 N–H and O–H groups in total. The number of fused-ring (bicyclic) bond motifs is 1. The predicted molar refractivity (Wildman–Crippen MR) is 86.0 cm³/mol. The molecular weight excluding hydrogens is 276 g/mol. The van der Waals surface area contributed by atoms with Gasteiger partial charge in [-0.3, -0.25) is 4.79 Å². The second kappa shape index (κ2) is 5.15. The first-order valence-electron chi connectivity index (χ1n) is 7.23. The Morgan fingerprint density at radius 2 is 2.23 bits per heavy atom. The van der Waals surface area contributed by atoms with Crippen LogP contribution in [0.25, 0.3) is 22.2 Å². The summed E-state index contributed by atoms with van der Waals surface area (Å²) in [5, 5.41) is 0.585. The Morgan fingerprint density at radius 3 is 3.00 bits per heavy atom. The van der Waals surface area contributed by atoms with Crippen LogP contribution in [0.3, 0.4) is 0 Å². The number of benzene rings is 1. The van der Waals surface area contributed by atoms with Crippen LogP contribution in [0.2, 0.25) is 0 Å². The molecule has 0 atom stereocenters. The molecule has 1 aromatic carbocycles. The van der Waals surface area contributed by atoms with Gasteiger partial charge in [-0.15, -0.1) is 0 Å². The van der Waals surface area contributed by atoms with Crippen molar-refractivity contribution < 1.29 is 4.42 Å². The standard InChI is InChI=1S/C18H14N2O2/c21-18-15-7-6-14(13-4-2-1-3-5-13)10-17(15)22-11-16(18)20-9-8-19-12-20/h1-2,4,6-12H,3,5H2. The van der Waals surface area contributed by atoms with Gasteiger partial charge in [-0.2, -0.15) is 0 Å². The topological polar surface area (TPSA) is 48.0 Å². The van der Waals surface area contributed by atoms with Crippen molar-refractivity contribution in [3.05, 3.63) is 77.2 Å². The molecule has 0 spiro atoms. The minimum absolute atomic E-state index is 0.0525. The van der Waals surface area contributed by atoms with E-state index in [4.69, 9.17) is 4.42 Å². The molecule has 0 fully saturated rings. The largest absolute Gasteiger partial charge is 0.462 e. The molecular formula is C18H14N2O2. The molecule has 0 saturated heterocycles. The van der Waals surface area contributed by atoms with Crippen LogP contribution in [-0.2, 0) is 0 Å². The second-order valence-electron chi connectivity index (χ2n) is 5.29. The van der Waals surface area contributed by atoms with Crippen molar-refractivity contribution in [3.63, 3.8) is 0 Å². The quantitative estimate of drug-likeness (QED) is 0.723. The van der Waals surface area contributed by atoms with Crippen LogP contribution >= 0.6 is 0 Å². The average molecular weight is 290 g/mol. The van der Waals surface area contributed by atoms with E-state index in [1.165, 1.54) is 11.8 Å². The highest BCUT2D eigenvalue weighted by Gasteiger charge is 2.11. The number of hydrogen-bond acceptors (Lipinski definition) is 3. The summed E-state index contributed by atoms with van der Waals surface area (Å²) < 4.78 is 7.35. The van der Waals surface area contributed by atoms with Gasteiger partial charge in [-0.1, -0.05) is 24.3 Å². The third-order valence-corrected chi connectivity index (χ3v) is 3.92. The van der Waals surface area contributed by atoms with Gasteiger partial charge in [0, 0.05) is 12.4 Å². The fourth-order valence-electron chi connectivity index (χ4n) is 2.74. The SMILES string of the molecule is O=c1c(-n2ccnc2)coc2cc(C3=CC=CCC3)ccc12. The Balaban J connectivity index is 1.86. The third-order valence-electron chi connectivity index (χ3n) is 3.92. The lowest BCUT2D eigenvalue weighted by atomic mass is 9.96. The number of hydrogen-bond donors (Lipinski definition) is 0. The van der Waals surface area contributed by atoms with Gasteiger partial charge in [0.2, 0.25) is 5.43 Å². The number of allylic oxidation sites excluding steroid dienone is 4. The fourth-order valence-corrected chi connectivity index (χ4v) is 2.74. The van der Waals surface area contributed by atoms with Crippen molar-refractivity contribution >= 4 is 16.5 Å². The summed E-state index contributed by atoms with van der Waals surface area (Å²) in [6, 6.07) is 5.78. The Kier molecular flexibility index (Phi) is 3.00. The van der Waals surface area contributed by atoms with E-state index in [0.29, 0.717) is 16.7 Å². The van der Waals surface area contributed by atoms with Gasteiger partial charge in [0.25, 0.3) is 0 Å². The van der Waals surface area contributed by atoms with E-state index in [0.717, 1.165) is 18.4 Å². The van der Waals surface area contributed by atoms with Gasteiger partial charge in [-0.05, 0) is 36.1 Å². The van der Waals surface area contributed by atoms with Gasteiger partial charge in [0.15, 0.2) is 0 Å². The van der Waals surface area contributed by atoms with E-state index < -0.39 is 0 Å². The highest BCUT2D eigenvalue weighted by atomic mass is 16.3. The molecule has 1 aliphatic rings. The minimum Gasteiger partial charge on any atom is -0.462 e. The zero-order valence-corrected chi connectivity index (χ0v) is 11.9. The van der Waals surface area contributed by atoms with Crippen LogP contribution < -0.4 is 5.43 Å². The van der Waals surface area contributed by atoms with Gasteiger partial charge in [0.1, 0.15) is 17.5 Å². The molecule has 0 saturated carbocycles. The Labute approximate surface area is 127 Å². The van der Waals surface area contributed by atoms with Crippen molar-refractivity contribution in [2.75, 3.05) is 0 Å². The summed E-state index contributed by atoms with van der Waals surface area (Å²) in [6.07, 6.45) is 14.8. The molecule has 3 aromatic rings. The first-order valence-corrected chi connectivity index (χ1v) is 7.23. The molecule has 1 aliphatic carbocycles. The lowest BCUT2D eigenvalue weighted by molar-refractivity contribution is 0.597. The smallest absolute Gasteiger partial charge is 0.216 e. The van der Waals surface area contributed by atoms with E-state index in [2.05, 4.69) is 23.2 Å². The fraction of sp³-hybridized carbons (Fsp3) is 0.111. The van der Waals surface area contributed by atoms with E-state index in [-0.39, 0.29) is 5.43 Å². The summed E-state index contributed by atoms with van der Waals surface area (Å²) in [4.78, 5) is 16.5. The average Bonchev–Trinajstić information content (AvgIpc) is 3.10. The van der Waals surface area contributed by atoms with Crippen LogP contribution in [-0.4, -0.2) is 9.55 Å². The van der Waals surface area contributed by atoms with Gasteiger partial charge >= 0.3 is 0 Å². The van der Waals surface area contributed by atoms with Crippen LogP contribution in [0.5, 0.6) is 0 Å². The molecule has 4 nitrogen and oxygen atoms in total. The molecule has 2 aromatic heterocycles. The molecule has 0 unspecified atom stereocenters. The van der Waals surface area contributed by atoms with E-state index in [9.17, 15) is 4.79 Å². The first kappa shape index (κ1) is 12.8. The van der Waals surface area contributed by atoms with Crippen LogP contribution in [0.4, 0.5) is 0 Å². The normalized spacial score (nSPS) is 14.3. The molecule has 0 aliphatic heterocycles. The molecule has 22 heavy (non-hydrogen) atoms. The molecule has 108 valence electrons. The maximum absolute atomic E-state index is 12.6. The summed E-state index contributed by atoms with van der Waals surface area (Å²) in [5.41, 5.74) is 3.41. The number of aromatic nitrogens is 2.